The van der Waals surface area contributed by atoms with Gasteiger partial charge in [0.15, 0.2) is 5.72 Å². The molecule has 1 atom stereocenters. The zero-order valence-corrected chi connectivity index (χ0v) is 14.4. The zero-order chi connectivity index (χ0) is 19.9. The molecule has 0 aliphatic carbocycles. The van der Waals surface area contributed by atoms with Gasteiger partial charge in [0.1, 0.15) is 5.71 Å². The highest BCUT2D eigenvalue weighted by Crippen LogP contribution is 2.43. The summed E-state index contributed by atoms with van der Waals surface area (Å²) in [5.74, 6) is -0.837. The van der Waals surface area contributed by atoms with Crippen LogP contribution in [0.4, 0.5) is 18.9 Å². The number of rotatable bonds is 3. The first-order valence-electron chi connectivity index (χ1n) is 7.69. The van der Waals surface area contributed by atoms with Gasteiger partial charge >= 0.3 is 6.18 Å². The molecular weight excluding hydrogens is 355 g/mol. The van der Waals surface area contributed by atoms with Crippen molar-refractivity contribution in [1.82, 2.24) is 5.01 Å². The van der Waals surface area contributed by atoms with Crippen LogP contribution in [0.25, 0.3) is 0 Å². The predicted molar refractivity (Wildman–Crippen MR) is 86.2 cm³/mol. The summed E-state index contributed by atoms with van der Waals surface area (Å²) < 4.78 is 39.1. The molecule has 0 saturated heterocycles. The Hall–Kier alpha value is -2.49. The fourth-order valence-corrected chi connectivity index (χ4v) is 2.53. The molecule has 0 spiro atoms. The van der Waals surface area contributed by atoms with E-state index in [1.807, 2.05) is 0 Å². The summed E-state index contributed by atoms with van der Waals surface area (Å²) in [7, 11) is 0. The largest absolute Gasteiger partial charge is 0.431 e. The molecule has 0 saturated carbocycles. The van der Waals surface area contributed by atoms with E-state index in [0.29, 0.717) is 10.6 Å². The van der Waals surface area contributed by atoms with Gasteiger partial charge < -0.3 is 5.11 Å². The van der Waals surface area contributed by atoms with Gasteiger partial charge in [-0.2, -0.15) is 18.3 Å². The van der Waals surface area contributed by atoms with Crippen molar-refractivity contribution in [3.05, 3.63) is 39.9 Å². The molecule has 1 heterocycles. The molecule has 0 fully saturated rings. The fraction of sp³-hybridized carbons (Fsp3) is 0.500. The number of nitrogens with zero attached hydrogens (tertiary/aromatic N) is 3. The first kappa shape index (κ1) is 19.8. The highest BCUT2D eigenvalue weighted by Gasteiger charge is 2.57. The van der Waals surface area contributed by atoms with E-state index in [-0.39, 0.29) is 12.1 Å². The maximum atomic E-state index is 13.0. The number of alkyl halides is 3. The normalized spacial score (nSPS) is 20.9. The second-order valence-electron chi connectivity index (χ2n) is 7.09. The van der Waals surface area contributed by atoms with Crippen molar-refractivity contribution < 1.29 is 28.0 Å². The molecule has 142 valence electrons. The monoisotopic (exact) mass is 373 g/mol. The van der Waals surface area contributed by atoms with E-state index < -0.39 is 40.3 Å². The van der Waals surface area contributed by atoms with Crippen LogP contribution in [0.15, 0.2) is 29.4 Å². The van der Waals surface area contributed by atoms with Gasteiger partial charge in [0.2, 0.25) is 5.91 Å². The predicted octanol–water partition coefficient (Wildman–Crippen LogP) is 3.02. The number of non-ortho nitro benzene ring substituents is 1. The Balaban J connectivity index is 2.31. The van der Waals surface area contributed by atoms with E-state index in [0.717, 1.165) is 0 Å². The van der Waals surface area contributed by atoms with Gasteiger partial charge in [0, 0.05) is 24.0 Å². The van der Waals surface area contributed by atoms with Gasteiger partial charge in [-0.25, -0.2) is 5.01 Å². The lowest BCUT2D eigenvalue weighted by Crippen LogP contribution is -2.55. The molecule has 1 N–H and O–H groups in total. The lowest BCUT2D eigenvalue weighted by Gasteiger charge is -2.41. The van der Waals surface area contributed by atoms with Crippen LogP contribution in [0.5, 0.6) is 0 Å². The molecule has 2 rings (SSSR count). The number of nitro groups is 1. The number of carbonyl (C=O) groups excluding carboxylic acids is 1. The molecule has 1 aromatic carbocycles. The number of hydrazone groups is 1. The van der Waals surface area contributed by atoms with Crippen LogP contribution in [0.2, 0.25) is 0 Å². The van der Waals surface area contributed by atoms with Crippen molar-refractivity contribution in [3.8, 4) is 0 Å². The van der Waals surface area contributed by atoms with E-state index in [9.17, 15) is 33.2 Å². The maximum Gasteiger partial charge on any atom is 0.431 e. The average Bonchev–Trinajstić information content (AvgIpc) is 2.87. The molecule has 26 heavy (non-hydrogen) atoms. The number of benzene rings is 1. The van der Waals surface area contributed by atoms with Crippen molar-refractivity contribution in [1.29, 1.82) is 0 Å². The summed E-state index contributed by atoms with van der Waals surface area (Å²) in [5.41, 5.74) is -4.27. The number of amides is 1. The molecule has 1 aliphatic heterocycles. The van der Waals surface area contributed by atoms with E-state index in [1.165, 1.54) is 45.0 Å². The van der Waals surface area contributed by atoms with Gasteiger partial charge in [-0.1, -0.05) is 32.9 Å². The van der Waals surface area contributed by atoms with Crippen molar-refractivity contribution in [2.75, 3.05) is 0 Å². The average molecular weight is 373 g/mol. The Morgan fingerprint density at radius 2 is 1.85 bits per heavy atom. The Bertz CT molecular complexity index is 753. The number of nitro benzene ring substituents is 1. The van der Waals surface area contributed by atoms with E-state index in [1.54, 1.807) is 0 Å². The summed E-state index contributed by atoms with van der Waals surface area (Å²) in [4.78, 5) is 22.6. The molecule has 1 amide bonds. The number of aliphatic hydroxyl groups is 1. The van der Waals surface area contributed by atoms with E-state index in [4.69, 9.17) is 0 Å². The molecule has 0 aromatic heterocycles. The second kappa shape index (κ2) is 6.35. The number of halogens is 3. The highest BCUT2D eigenvalue weighted by molar-refractivity contribution is 5.94. The van der Waals surface area contributed by atoms with Crippen LogP contribution in [0.1, 0.15) is 32.8 Å². The van der Waals surface area contributed by atoms with Crippen LogP contribution < -0.4 is 0 Å². The zero-order valence-electron chi connectivity index (χ0n) is 14.4. The lowest BCUT2D eigenvalue weighted by molar-refractivity contribution is -0.384. The molecule has 7 nitrogen and oxygen atoms in total. The van der Waals surface area contributed by atoms with Crippen molar-refractivity contribution in [2.24, 2.45) is 10.5 Å². The Labute approximate surface area is 147 Å². The quantitative estimate of drug-likeness (QED) is 0.651. The van der Waals surface area contributed by atoms with Gasteiger partial charge in [-0.3, -0.25) is 14.9 Å². The molecule has 0 bridgehead atoms. The summed E-state index contributed by atoms with van der Waals surface area (Å²) in [6, 6.07) is 5.03. The highest BCUT2D eigenvalue weighted by atomic mass is 19.4. The lowest BCUT2D eigenvalue weighted by atomic mass is 9.80. The molecule has 10 heteroatoms. The molecule has 0 unspecified atom stereocenters. The molecule has 1 aliphatic rings. The van der Waals surface area contributed by atoms with Crippen LogP contribution in [0.3, 0.4) is 0 Å². The van der Waals surface area contributed by atoms with Gasteiger partial charge in [0.25, 0.3) is 5.69 Å². The van der Waals surface area contributed by atoms with Gasteiger partial charge in [0.05, 0.1) is 11.3 Å². The van der Waals surface area contributed by atoms with E-state index >= 15 is 0 Å². The van der Waals surface area contributed by atoms with Crippen molar-refractivity contribution >= 4 is 17.3 Å². The summed E-state index contributed by atoms with van der Waals surface area (Å²) >= 11 is 0. The second-order valence-corrected chi connectivity index (χ2v) is 7.09. The van der Waals surface area contributed by atoms with E-state index in [2.05, 4.69) is 5.10 Å². The summed E-state index contributed by atoms with van der Waals surface area (Å²) in [6.45, 7) is 4.52. The summed E-state index contributed by atoms with van der Waals surface area (Å²) in [5, 5.41) is 25.3. The molecular formula is C16H18F3N3O4. The minimum atomic E-state index is -4.76. The van der Waals surface area contributed by atoms with Crippen LogP contribution in [-0.4, -0.2) is 38.6 Å². The fourth-order valence-electron chi connectivity index (χ4n) is 2.53. The number of carbonyl (C=O) groups is 1. The molecule has 0 radical (unpaired) electrons. The first-order valence-corrected chi connectivity index (χ1v) is 7.69. The minimum Gasteiger partial charge on any atom is -0.368 e. The van der Waals surface area contributed by atoms with Gasteiger partial charge in [-0.05, 0) is 5.56 Å². The van der Waals surface area contributed by atoms with Gasteiger partial charge in [-0.15, -0.1) is 0 Å². The SMILES string of the molecule is CC(C)(C)[C@@]1(O)CC(C(F)(F)F)=NN1C(=O)Cc1ccc([N+](=O)[O-])cc1. The Morgan fingerprint density at radius 1 is 1.31 bits per heavy atom. The van der Waals surface area contributed by atoms with Crippen LogP contribution in [0, 0.1) is 15.5 Å². The number of hydrogen-bond acceptors (Lipinski definition) is 5. The smallest absolute Gasteiger partial charge is 0.368 e. The topological polar surface area (TPSA) is 96.0 Å². The van der Waals surface area contributed by atoms with Crippen LogP contribution >= 0.6 is 0 Å². The third-order valence-electron chi connectivity index (χ3n) is 4.25. The first-order chi connectivity index (χ1) is 11.8. The Kier molecular flexibility index (Phi) is 4.84. The van der Waals surface area contributed by atoms with Crippen molar-refractivity contribution in [3.63, 3.8) is 0 Å². The standard InChI is InChI=1S/C16H18F3N3O4/c1-14(2,3)15(24)9-12(16(17,18)19)20-21(15)13(23)8-10-4-6-11(7-5-10)22(25)26/h4-7,24H,8-9H2,1-3H3/t15-/m0/s1. The summed E-state index contributed by atoms with van der Waals surface area (Å²) in [6.07, 6.45) is -5.95. The Morgan fingerprint density at radius 3 is 2.27 bits per heavy atom. The third-order valence-corrected chi connectivity index (χ3v) is 4.25. The minimum absolute atomic E-state index is 0.175. The maximum absolute atomic E-state index is 13.0. The van der Waals surface area contributed by atoms with Crippen LogP contribution in [-0.2, 0) is 11.2 Å². The third kappa shape index (κ3) is 3.69. The van der Waals surface area contributed by atoms with Crippen molar-refractivity contribution in [2.45, 2.75) is 45.5 Å². The molecule has 1 aromatic rings. The number of hydrogen-bond donors (Lipinski definition) is 1.